The van der Waals surface area contributed by atoms with E-state index in [2.05, 4.69) is 49.4 Å². The molecular weight excluding hydrogens is 222 g/mol. The summed E-state index contributed by atoms with van der Waals surface area (Å²) in [6.07, 6.45) is 3.27. The maximum atomic E-state index is 4.63. The van der Waals surface area contributed by atoms with Crippen LogP contribution in [-0.4, -0.2) is 22.9 Å². The highest BCUT2D eigenvalue weighted by atomic mass is 15.3. The summed E-state index contributed by atoms with van der Waals surface area (Å²) in [5.41, 5.74) is 5.08. The third-order valence-electron chi connectivity index (χ3n) is 3.38. The molecule has 0 aliphatic heterocycles. The van der Waals surface area contributed by atoms with Gasteiger partial charge in [-0.2, -0.15) is 5.10 Å². The zero-order valence-electron chi connectivity index (χ0n) is 12.3. The van der Waals surface area contributed by atoms with Crippen molar-refractivity contribution in [1.82, 2.24) is 15.1 Å². The summed E-state index contributed by atoms with van der Waals surface area (Å²) < 4.78 is 2.09. The summed E-state index contributed by atoms with van der Waals surface area (Å²) >= 11 is 0. The van der Waals surface area contributed by atoms with Crippen LogP contribution in [0.3, 0.4) is 0 Å². The number of aryl methyl sites for hydroxylation is 1. The van der Waals surface area contributed by atoms with E-state index in [9.17, 15) is 0 Å². The molecule has 0 bridgehead atoms. The van der Waals surface area contributed by atoms with Gasteiger partial charge in [0.2, 0.25) is 0 Å². The summed E-state index contributed by atoms with van der Waals surface area (Å²) in [6, 6.07) is 0. The average molecular weight is 249 g/mol. The molecule has 0 radical (unpaired) electrons. The molecule has 1 N–H and O–H groups in total. The van der Waals surface area contributed by atoms with Crippen molar-refractivity contribution in [2.45, 2.75) is 53.5 Å². The Labute approximate surface area is 111 Å². The fraction of sp³-hybridized carbons (Fsp3) is 0.667. The molecule has 0 aliphatic carbocycles. The van der Waals surface area contributed by atoms with E-state index in [1.807, 2.05) is 0 Å². The van der Waals surface area contributed by atoms with Gasteiger partial charge in [0.25, 0.3) is 0 Å². The van der Waals surface area contributed by atoms with E-state index in [1.54, 1.807) is 0 Å². The maximum absolute atomic E-state index is 4.63. The molecule has 0 atom stereocenters. The van der Waals surface area contributed by atoms with E-state index in [0.717, 1.165) is 38.2 Å². The van der Waals surface area contributed by atoms with Gasteiger partial charge < -0.3 is 5.32 Å². The highest BCUT2D eigenvalue weighted by Crippen LogP contribution is 2.15. The standard InChI is InChI=1S/C15H27N3/c1-6-9-16-10-8-15-13(4)17-18(14(15)5)11-12(3)7-2/h16H,3,6-11H2,1-2,4-5H3. The molecule has 0 saturated carbocycles. The van der Waals surface area contributed by atoms with E-state index < -0.39 is 0 Å². The lowest BCUT2D eigenvalue weighted by atomic mass is 10.1. The van der Waals surface area contributed by atoms with Crippen molar-refractivity contribution in [2.24, 2.45) is 0 Å². The van der Waals surface area contributed by atoms with Gasteiger partial charge in [0.05, 0.1) is 12.2 Å². The summed E-state index contributed by atoms with van der Waals surface area (Å²) in [4.78, 5) is 0. The van der Waals surface area contributed by atoms with Crippen LogP contribution in [0, 0.1) is 13.8 Å². The van der Waals surface area contributed by atoms with Gasteiger partial charge in [-0.3, -0.25) is 4.68 Å². The smallest absolute Gasteiger partial charge is 0.0629 e. The van der Waals surface area contributed by atoms with Crippen LogP contribution >= 0.6 is 0 Å². The molecule has 0 spiro atoms. The molecule has 102 valence electrons. The Bertz CT molecular complexity index is 391. The molecular formula is C15H27N3. The first-order chi connectivity index (χ1) is 8.60. The van der Waals surface area contributed by atoms with Gasteiger partial charge in [-0.1, -0.05) is 26.0 Å². The number of aromatic nitrogens is 2. The van der Waals surface area contributed by atoms with E-state index in [-0.39, 0.29) is 0 Å². The number of allylic oxidation sites excluding steroid dienone is 1. The Hall–Kier alpha value is -1.09. The molecule has 3 heteroatoms. The second-order valence-electron chi connectivity index (χ2n) is 4.91. The third-order valence-corrected chi connectivity index (χ3v) is 3.38. The molecule has 1 rings (SSSR count). The fourth-order valence-electron chi connectivity index (χ4n) is 2.09. The first-order valence-electron chi connectivity index (χ1n) is 7.00. The number of rotatable bonds is 8. The highest BCUT2D eigenvalue weighted by Gasteiger charge is 2.11. The Kier molecular flexibility index (Phi) is 6.13. The minimum atomic E-state index is 0.853. The van der Waals surface area contributed by atoms with Gasteiger partial charge in [0.1, 0.15) is 0 Å². The Morgan fingerprint density at radius 1 is 1.28 bits per heavy atom. The summed E-state index contributed by atoms with van der Waals surface area (Å²) in [6.45, 7) is 15.7. The van der Waals surface area contributed by atoms with Gasteiger partial charge in [-0.15, -0.1) is 0 Å². The topological polar surface area (TPSA) is 29.9 Å². The number of nitrogens with zero attached hydrogens (tertiary/aromatic N) is 2. The minimum absolute atomic E-state index is 0.853. The first kappa shape index (κ1) is 15.0. The first-order valence-corrected chi connectivity index (χ1v) is 7.00. The summed E-state index contributed by atoms with van der Waals surface area (Å²) in [5.74, 6) is 0. The molecule has 0 amide bonds. The predicted molar refractivity (Wildman–Crippen MR) is 78.0 cm³/mol. The van der Waals surface area contributed by atoms with Crippen molar-refractivity contribution < 1.29 is 0 Å². The van der Waals surface area contributed by atoms with Gasteiger partial charge in [-0.25, -0.2) is 0 Å². The molecule has 1 aromatic heterocycles. The number of nitrogens with one attached hydrogen (secondary N) is 1. The summed E-state index contributed by atoms with van der Waals surface area (Å²) in [7, 11) is 0. The SMILES string of the molecule is C=C(CC)Cn1nc(C)c(CCNCCC)c1C. The van der Waals surface area contributed by atoms with E-state index in [0.29, 0.717) is 0 Å². The van der Waals surface area contributed by atoms with Crippen molar-refractivity contribution in [1.29, 1.82) is 0 Å². The Morgan fingerprint density at radius 2 is 2.00 bits per heavy atom. The van der Waals surface area contributed by atoms with Crippen molar-refractivity contribution in [3.05, 3.63) is 29.1 Å². The van der Waals surface area contributed by atoms with Crippen LogP contribution in [0.15, 0.2) is 12.2 Å². The maximum Gasteiger partial charge on any atom is 0.0629 e. The molecule has 1 aromatic rings. The van der Waals surface area contributed by atoms with Crippen LogP contribution < -0.4 is 5.32 Å². The molecule has 1 heterocycles. The second-order valence-corrected chi connectivity index (χ2v) is 4.91. The average Bonchev–Trinajstić information content (AvgIpc) is 2.61. The van der Waals surface area contributed by atoms with Crippen molar-refractivity contribution in [3.63, 3.8) is 0 Å². The predicted octanol–water partition coefficient (Wildman–Crippen LogP) is 3.01. The fourth-order valence-corrected chi connectivity index (χ4v) is 2.09. The van der Waals surface area contributed by atoms with Crippen LogP contribution in [0.4, 0.5) is 0 Å². The normalized spacial score (nSPS) is 10.9. The molecule has 3 nitrogen and oxygen atoms in total. The van der Waals surface area contributed by atoms with Gasteiger partial charge in [0.15, 0.2) is 0 Å². The molecule has 0 fully saturated rings. The van der Waals surface area contributed by atoms with Crippen LogP contribution in [0.2, 0.25) is 0 Å². The van der Waals surface area contributed by atoms with Gasteiger partial charge in [0, 0.05) is 5.69 Å². The second kappa shape index (κ2) is 7.37. The molecule has 0 saturated heterocycles. The van der Waals surface area contributed by atoms with E-state index in [4.69, 9.17) is 0 Å². The molecule has 0 unspecified atom stereocenters. The Balaban J connectivity index is 2.65. The number of hydrogen-bond acceptors (Lipinski definition) is 2. The lowest BCUT2D eigenvalue weighted by molar-refractivity contribution is 0.637. The van der Waals surface area contributed by atoms with Crippen LogP contribution in [-0.2, 0) is 13.0 Å². The lowest BCUT2D eigenvalue weighted by Gasteiger charge is -2.07. The molecule has 18 heavy (non-hydrogen) atoms. The lowest BCUT2D eigenvalue weighted by Crippen LogP contribution is -2.18. The van der Waals surface area contributed by atoms with Crippen LogP contribution in [0.25, 0.3) is 0 Å². The van der Waals surface area contributed by atoms with Gasteiger partial charge in [-0.05, 0) is 51.8 Å². The minimum Gasteiger partial charge on any atom is -0.316 e. The molecule has 0 aromatic carbocycles. The highest BCUT2D eigenvalue weighted by molar-refractivity contribution is 5.25. The Morgan fingerprint density at radius 3 is 2.61 bits per heavy atom. The molecule has 0 aliphatic rings. The van der Waals surface area contributed by atoms with Crippen molar-refractivity contribution in [2.75, 3.05) is 13.1 Å². The quantitative estimate of drug-likeness (QED) is 0.567. The van der Waals surface area contributed by atoms with Crippen molar-refractivity contribution >= 4 is 0 Å². The van der Waals surface area contributed by atoms with Crippen molar-refractivity contribution in [3.8, 4) is 0 Å². The number of hydrogen-bond donors (Lipinski definition) is 1. The monoisotopic (exact) mass is 249 g/mol. The largest absolute Gasteiger partial charge is 0.316 e. The van der Waals surface area contributed by atoms with Gasteiger partial charge >= 0.3 is 0 Å². The van der Waals surface area contributed by atoms with E-state index >= 15 is 0 Å². The zero-order chi connectivity index (χ0) is 13.5. The van der Waals surface area contributed by atoms with Crippen LogP contribution in [0.1, 0.15) is 43.6 Å². The third kappa shape index (κ3) is 3.98. The summed E-state index contributed by atoms with van der Waals surface area (Å²) in [5, 5.41) is 8.07. The zero-order valence-corrected chi connectivity index (χ0v) is 12.3. The van der Waals surface area contributed by atoms with Crippen LogP contribution in [0.5, 0.6) is 0 Å². The van der Waals surface area contributed by atoms with E-state index in [1.165, 1.54) is 23.3 Å².